The molecule has 5 rings (SSSR count). The molecule has 29 heavy (non-hydrogen) atoms. The van der Waals surface area contributed by atoms with Gasteiger partial charge in [0, 0.05) is 18.2 Å². The van der Waals surface area contributed by atoms with Crippen LogP contribution >= 0.6 is 0 Å². The molecule has 140 valence electrons. The van der Waals surface area contributed by atoms with E-state index in [-0.39, 0.29) is 5.92 Å². The van der Waals surface area contributed by atoms with E-state index < -0.39 is 0 Å². The molecular formula is C28H23N. The number of anilines is 1. The predicted octanol–water partition coefficient (Wildman–Crippen LogP) is 6.98. The second-order valence-electron chi connectivity index (χ2n) is 7.45. The minimum atomic E-state index is 0.252. The van der Waals surface area contributed by atoms with Crippen LogP contribution < -0.4 is 5.32 Å². The molecule has 0 spiro atoms. The summed E-state index contributed by atoms with van der Waals surface area (Å²) >= 11 is 0. The van der Waals surface area contributed by atoms with Gasteiger partial charge in [0.2, 0.25) is 0 Å². The molecule has 0 saturated heterocycles. The number of allylic oxidation sites excluding steroid dienone is 1. The summed E-state index contributed by atoms with van der Waals surface area (Å²) in [7, 11) is 0. The predicted molar refractivity (Wildman–Crippen MR) is 123 cm³/mol. The van der Waals surface area contributed by atoms with Gasteiger partial charge in [0.15, 0.2) is 0 Å². The molecule has 1 nitrogen and oxygen atoms in total. The van der Waals surface area contributed by atoms with Crippen molar-refractivity contribution in [3.63, 3.8) is 0 Å². The van der Waals surface area contributed by atoms with Crippen LogP contribution in [0.25, 0.3) is 11.6 Å². The molecule has 4 aromatic carbocycles. The highest BCUT2D eigenvalue weighted by Crippen LogP contribution is 2.46. The summed E-state index contributed by atoms with van der Waals surface area (Å²) in [6.07, 6.45) is 2.36. The molecule has 0 radical (unpaired) electrons. The average Bonchev–Trinajstić information content (AvgIpc) is 3.19. The SMILES string of the molecule is C1=C(c2ccccc2)C(c2ccccc2CNc2ccccc2)c2ccccc21. The first-order chi connectivity index (χ1) is 14.4. The van der Waals surface area contributed by atoms with Gasteiger partial charge in [-0.05, 0) is 51.6 Å². The lowest BCUT2D eigenvalue weighted by molar-refractivity contribution is 1.00. The molecule has 1 aliphatic carbocycles. The molecule has 1 heteroatoms. The largest absolute Gasteiger partial charge is 0.381 e. The fraction of sp³-hybridized carbons (Fsp3) is 0.0714. The van der Waals surface area contributed by atoms with E-state index in [1.54, 1.807) is 0 Å². The van der Waals surface area contributed by atoms with Crippen LogP contribution in [-0.2, 0) is 6.54 Å². The number of nitrogens with one attached hydrogen (secondary N) is 1. The summed E-state index contributed by atoms with van der Waals surface area (Å²) in [6.45, 7) is 0.806. The Morgan fingerprint density at radius 2 is 1.21 bits per heavy atom. The molecule has 0 saturated carbocycles. The lowest BCUT2D eigenvalue weighted by atomic mass is 9.83. The number of benzene rings is 4. The number of fused-ring (bicyclic) bond motifs is 1. The summed E-state index contributed by atoms with van der Waals surface area (Å²) in [6, 6.07) is 38.8. The monoisotopic (exact) mass is 373 g/mol. The minimum absolute atomic E-state index is 0.252. The molecule has 0 aliphatic heterocycles. The van der Waals surface area contributed by atoms with Crippen molar-refractivity contribution < 1.29 is 0 Å². The maximum absolute atomic E-state index is 3.58. The first-order valence-electron chi connectivity index (χ1n) is 10.1. The molecule has 0 heterocycles. The Morgan fingerprint density at radius 3 is 2.00 bits per heavy atom. The topological polar surface area (TPSA) is 12.0 Å². The van der Waals surface area contributed by atoms with Gasteiger partial charge >= 0.3 is 0 Å². The van der Waals surface area contributed by atoms with Crippen molar-refractivity contribution in [1.82, 2.24) is 0 Å². The molecular weight excluding hydrogens is 350 g/mol. The normalized spacial score (nSPS) is 14.9. The number of rotatable bonds is 5. The second-order valence-corrected chi connectivity index (χ2v) is 7.45. The van der Waals surface area contributed by atoms with E-state index in [0.29, 0.717) is 0 Å². The first-order valence-corrected chi connectivity index (χ1v) is 10.1. The lowest BCUT2D eigenvalue weighted by Crippen LogP contribution is -2.08. The summed E-state index contributed by atoms with van der Waals surface area (Å²) < 4.78 is 0. The second kappa shape index (κ2) is 7.81. The van der Waals surface area contributed by atoms with Gasteiger partial charge in [-0.3, -0.25) is 0 Å². The van der Waals surface area contributed by atoms with E-state index in [0.717, 1.165) is 12.2 Å². The van der Waals surface area contributed by atoms with Gasteiger partial charge in [-0.1, -0.05) is 97.1 Å². The van der Waals surface area contributed by atoms with Crippen LogP contribution in [0.4, 0.5) is 5.69 Å². The van der Waals surface area contributed by atoms with Crippen molar-refractivity contribution >= 4 is 17.3 Å². The molecule has 0 amide bonds. The van der Waals surface area contributed by atoms with Gasteiger partial charge in [-0.2, -0.15) is 0 Å². The standard InChI is InChI=1S/C28H23N/c1-3-11-21(12-4-1)27-19-22-13-7-9-17-25(22)28(27)26-18-10-8-14-23(26)20-29-24-15-5-2-6-16-24/h1-19,28-29H,20H2. The van der Waals surface area contributed by atoms with Gasteiger partial charge in [-0.25, -0.2) is 0 Å². The third kappa shape index (κ3) is 3.48. The van der Waals surface area contributed by atoms with Gasteiger partial charge in [0.05, 0.1) is 0 Å². The van der Waals surface area contributed by atoms with Crippen LogP contribution in [0.5, 0.6) is 0 Å². The van der Waals surface area contributed by atoms with E-state index in [4.69, 9.17) is 0 Å². The Morgan fingerprint density at radius 1 is 0.586 bits per heavy atom. The van der Waals surface area contributed by atoms with Gasteiger partial charge in [0.1, 0.15) is 0 Å². The van der Waals surface area contributed by atoms with Crippen LogP contribution in [0, 0.1) is 0 Å². The number of para-hydroxylation sites is 1. The van der Waals surface area contributed by atoms with Crippen LogP contribution in [-0.4, -0.2) is 0 Å². The molecule has 1 N–H and O–H groups in total. The highest BCUT2D eigenvalue weighted by molar-refractivity contribution is 5.93. The molecule has 1 aliphatic rings. The highest BCUT2D eigenvalue weighted by atomic mass is 14.9. The third-order valence-corrected chi connectivity index (χ3v) is 5.66. The fourth-order valence-electron chi connectivity index (χ4n) is 4.27. The Labute approximate surface area is 172 Å². The minimum Gasteiger partial charge on any atom is -0.381 e. The summed E-state index contributed by atoms with van der Waals surface area (Å²) in [4.78, 5) is 0. The maximum Gasteiger partial charge on any atom is 0.0403 e. The molecule has 0 bridgehead atoms. The van der Waals surface area contributed by atoms with E-state index in [2.05, 4.69) is 115 Å². The van der Waals surface area contributed by atoms with Crippen molar-refractivity contribution in [2.45, 2.75) is 12.5 Å². The molecule has 0 aromatic heterocycles. The number of hydrogen-bond acceptors (Lipinski definition) is 1. The van der Waals surface area contributed by atoms with Crippen molar-refractivity contribution in [3.05, 3.63) is 137 Å². The van der Waals surface area contributed by atoms with Gasteiger partial charge in [0.25, 0.3) is 0 Å². The molecule has 0 fully saturated rings. The van der Waals surface area contributed by atoms with Crippen LogP contribution in [0.15, 0.2) is 109 Å². The molecule has 1 atom stereocenters. The zero-order valence-electron chi connectivity index (χ0n) is 16.3. The van der Waals surface area contributed by atoms with E-state index >= 15 is 0 Å². The maximum atomic E-state index is 3.58. The summed E-state index contributed by atoms with van der Waals surface area (Å²) in [5.41, 5.74) is 9.22. The van der Waals surface area contributed by atoms with Crippen LogP contribution in [0.2, 0.25) is 0 Å². The quantitative estimate of drug-likeness (QED) is 0.398. The average molecular weight is 373 g/mol. The molecule has 4 aromatic rings. The van der Waals surface area contributed by atoms with Gasteiger partial charge in [-0.15, -0.1) is 0 Å². The first kappa shape index (κ1) is 17.5. The Balaban J connectivity index is 1.56. The van der Waals surface area contributed by atoms with E-state index in [1.165, 1.54) is 33.4 Å². The zero-order valence-corrected chi connectivity index (χ0v) is 16.3. The fourth-order valence-corrected chi connectivity index (χ4v) is 4.27. The van der Waals surface area contributed by atoms with Gasteiger partial charge < -0.3 is 5.32 Å². The van der Waals surface area contributed by atoms with Crippen LogP contribution in [0.3, 0.4) is 0 Å². The zero-order chi connectivity index (χ0) is 19.5. The Bertz CT molecular complexity index is 1140. The van der Waals surface area contributed by atoms with Crippen molar-refractivity contribution in [3.8, 4) is 0 Å². The van der Waals surface area contributed by atoms with Crippen molar-refractivity contribution in [2.24, 2.45) is 0 Å². The van der Waals surface area contributed by atoms with E-state index in [9.17, 15) is 0 Å². The van der Waals surface area contributed by atoms with Crippen molar-refractivity contribution in [2.75, 3.05) is 5.32 Å². The summed E-state index contributed by atoms with van der Waals surface area (Å²) in [5, 5.41) is 3.58. The third-order valence-electron chi connectivity index (χ3n) is 5.66. The Kier molecular flexibility index (Phi) is 4.72. The number of hydrogen-bond donors (Lipinski definition) is 1. The summed E-state index contributed by atoms with van der Waals surface area (Å²) in [5.74, 6) is 0.252. The smallest absolute Gasteiger partial charge is 0.0403 e. The van der Waals surface area contributed by atoms with Crippen LogP contribution in [0.1, 0.15) is 33.7 Å². The highest BCUT2D eigenvalue weighted by Gasteiger charge is 2.28. The van der Waals surface area contributed by atoms with Crippen molar-refractivity contribution in [1.29, 1.82) is 0 Å². The lowest BCUT2D eigenvalue weighted by Gasteiger charge is -2.22. The Hall–Kier alpha value is -3.58. The van der Waals surface area contributed by atoms with E-state index in [1.807, 2.05) is 6.07 Å². The molecule has 1 unspecified atom stereocenters.